The topological polar surface area (TPSA) is 55.7 Å². The van der Waals surface area contributed by atoms with Crippen LogP contribution in [-0.2, 0) is 14.4 Å². The molecule has 0 fully saturated rings. The van der Waals surface area contributed by atoms with Gasteiger partial charge in [-0.3, -0.25) is 4.28 Å². The lowest BCUT2D eigenvalue weighted by Crippen LogP contribution is -2.04. The number of unbranched alkanes of at least 4 members (excludes halogenated alkanes) is 1. The van der Waals surface area contributed by atoms with Gasteiger partial charge in [-0.15, -0.1) is 0 Å². The molecular formula is C12H17NO3S. The number of benzene rings is 1. The minimum Gasteiger partial charge on any atom is -0.265 e. The van der Waals surface area contributed by atoms with Gasteiger partial charge in [0.1, 0.15) is 4.90 Å². The Morgan fingerprint density at radius 1 is 1.29 bits per heavy atom. The summed E-state index contributed by atoms with van der Waals surface area (Å²) in [5, 5.41) is 3.64. The fraction of sp³-hybridized carbons (Fsp3) is 0.417. The van der Waals surface area contributed by atoms with Crippen molar-refractivity contribution in [3.63, 3.8) is 0 Å². The molecule has 0 amide bonds. The van der Waals surface area contributed by atoms with Gasteiger partial charge in [0.25, 0.3) is 0 Å². The lowest BCUT2D eigenvalue weighted by atomic mass is 10.2. The molecule has 94 valence electrons. The molecule has 1 aromatic rings. The van der Waals surface area contributed by atoms with Crippen LogP contribution in [0.15, 0.2) is 40.4 Å². The molecule has 0 spiro atoms. The highest BCUT2D eigenvalue weighted by Crippen LogP contribution is 2.12. The molecule has 0 N–H and O–H groups in total. The first kappa shape index (κ1) is 13.7. The van der Waals surface area contributed by atoms with Crippen molar-refractivity contribution in [2.45, 2.75) is 38.0 Å². The van der Waals surface area contributed by atoms with Gasteiger partial charge in [-0.2, -0.15) is 8.42 Å². The average Bonchev–Trinajstić information content (AvgIpc) is 2.35. The minimum atomic E-state index is -3.77. The number of rotatable bonds is 6. The van der Waals surface area contributed by atoms with E-state index < -0.39 is 10.1 Å². The van der Waals surface area contributed by atoms with Crippen molar-refractivity contribution in [2.75, 3.05) is 0 Å². The smallest absolute Gasteiger partial charge is 0.265 e. The van der Waals surface area contributed by atoms with Gasteiger partial charge in [0.2, 0.25) is 0 Å². The summed E-state index contributed by atoms with van der Waals surface area (Å²) in [6, 6.07) is 7.99. The maximum absolute atomic E-state index is 11.7. The first-order valence-corrected chi connectivity index (χ1v) is 6.99. The summed E-state index contributed by atoms with van der Waals surface area (Å²) in [6.45, 7) is 3.82. The highest BCUT2D eigenvalue weighted by molar-refractivity contribution is 7.86. The molecule has 5 heteroatoms. The van der Waals surface area contributed by atoms with Crippen LogP contribution in [0.4, 0.5) is 0 Å². The molecule has 1 aromatic carbocycles. The Morgan fingerprint density at radius 2 is 1.94 bits per heavy atom. The monoisotopic (exact) mass is 255 g/mol. The quantitative estimate of drug-likeness (QED) is 0.580. The highest BCUT2D eigenvalue weighted by Gasteiger charge is 2.14. The Bertz CT molecular complexity index is 466. The van der Waals surface area contributed by atoms with Crippen LogP contribution in [0.5, 0.6) is 0 Å². The van der Waals surface area contributed by atoms with E-state index in [2.05, 4.69) is 16.4 Å². The van der Waals surface area contributed by atoms with Crippen LogP contribution in [0.2, 0.25) is 0 Å². The molecule has 0 aliphatic rings. The number of hydrogen-bond acceptors (Lipinski definition) is 4. The normalized spacial score (nSPS) is 12.5. The molecule has 1 rings (SSSR count). The molecule has 0 saturated heterocycles. The third-order valence-corrected chi connectivity index (χ3v) is 3.34. The summed E-state index contributed by atoms with van der Waals surface area (Å²) in [6.07, 6.45) is 2.77. The predicted octanol–water partition coefficient (Wildman–Crippen LogP) is 2.96. The van der Waals surface area contributed by atoms with Gasteiger partial charge in [-0.25, -0.2) is 0 Å². The van der Waals surface area contributed by atoms with Gasteiger partial charge in [-0.05, 0) is 31.9 Å². The summed E-state index contributed by atoms with van der Waals surface area (Å²) < 4.78 is 28.0. The molecular weight excluding hydrogens is 238 g/mol. The van der Waals surface area contributed by atoms with Gasteiger partial charge in [0.05, 0.1) is 5.71 Å². The van der Waals surface area contributed by atoms with E-state index in [9.17, 15) is 8.42 Å². The molecule has 0 radical (unpaired) electrons. The van der Waals surface area contributed by atoms with Crippen LogP contribution in [0.3, 0.4) is 0 Å². The molecule has 0 atom stereocenters. The average molecular weight is 255 g/mol. The van der Waals surface area contributed by atoms with E-state index in [1.165, 1.54) is 12.1 Å². The predicted molar refractivity (Wildman–Crippen MR) is 67.3 cm³/mol. The van der Waals surface area contributed by atoms with E-state index in [-0.39, 0.29) is 4.90 Å². The van der Waals surface area contributed by atoms with Gasteiger partial charge in [0.15, 0.2) is 0 Å². The van der Waals surface area contributed by atoms with Crippen molar-refractivity contribution in [1.82, 2.24) is 0 Å². The summed E-state index contributed by atoms with van der Waals surface area (Å²) >= 11 is 0. The standard InChI is InChI=1S/C12H17NO3S/c1-3-4-8-11(2)13-16-17(14,15)12-9-6-5-7-10-12/h5-7,9-10H,3-4,8H2,1-2H3/b13-11+. The first-order chi connectivity index (χ1) is 8.06. The zero-order valence-electron chi connectivity index (χ0n) is 10.1. The molecule has 0 aliphatic carbocycles. The zero-order chi connectivity index (χ0) is 12.7. The lowest BCUT2D eigenvalue weighted by molar-refractivity contribution is 0.337. The molecule has 0 bridgehead atoms. The molecule has 17 heavy (non-hydrogen) atoms. The SMILES string of the molecule is CCCC/C(C)=N/OS(=O)(=O)c1ccccc1. The highest BCUT2D eigenvalue weighted by atomic mass is 32.2. The largest absolute Gasteiger partial charge is 0.358 e. The van der Waals surface area contributed by atoms with Gasteiger partial charge >= 0.3 is 10.1 Å². The summed E-state index contributed by atoms with van der Waals surface area (Å²) in [5.41, 5.74) is 0.686. The van der Waals surface area contributed by atoms with E-state index in [0.29, 0.717) is 5.71 Å². The Hall–Kier alpha value is -1.36. The Labute approximate surface area is 102 Å². The lowest BCUT2D eigenvalue weighted by Gasteiger charge is -2.02. The zero-order valence-corrected chi connectivity index (χ0v) is 10.9. The van der Waals surface area contributed by atoms with Crippen LogP contribution in [0.1, 0.15) is 33.1 Å². The molecule has 0 unspecified atom stereocenters. The molecule has 0 heterocycles. The van der Waals surface area contributed by atoms with Crippen molar-refractivity contribution >= 4 is 15.8 Å². The summed E-state index contributed by atoms with van der Waals surface area (Å²) in [5.74, 6) is 0. The van der Waals surface area contributed by atoms with Crippen molar-refractivity contribution in [3.8, 4) is 0 Å². The van der Waals surface area contributed by atoms with E-state index in [0.717, 1.165) is 19.3 Å². The Kier molecular flexibility index (Phi) is 5.15. The van der Waals surface area contributed by atoms with E-state index in [1.807, 2.05) is 0 Å². The van der Waals surface area contributed by atoms with Gasteiger partial charge < -0.3 is 0 Å². The Morgan fingerprint density at radius 3 is 2.53 bits per heavy atom. The first-order valence-electron chi connectivity index (χ1n) is 5.58. The van der Waals surface area contributed by atoms with Crippen LogP contribution < -0.4 is 0 Å². The van der Waals surface area contributed by atoms with Crippen molar-refractivity contribution in [3.05, 3.63) is 30.3 Å². The molecule has 0 aromatic heterocycles. The molecule has 0 aliphatic heterocycles. The second kappa shape index (κ2) is 6.39. The van der Waals surface area contributed by atoms with Crippen molar-refractivity contribution in [1.29, 1.82) is 0 Å². The maximum Gasteiger partial charge on any atom is 0.358 e. The third-order valence-electron chi connectivity index (χ3n) is 2.22. The van der Waals surface area contributed by atoms with E-state index in [1.54, 1.807) is 25.1 Å². The van der Waals surface area contributed by atoms with Crippen LogP contribution in [0, 0.1) is 0 Å². The number of nitrogens with zero attached hydrogens (tertiary/aromatic N) is 1. The summed E-state index contributed by atoms with van der Waals surface area (Å²) in [4.78, 5) is 0.118. The molecule has 4 nitrogen and oxygen atoms in total. The fourth-order valence-corrected chi connectivity index (χ4v) is 2.02. The summed E-state index contributed by atoms with van der Waals surface area (Å²) in [7, 11) is -3.77. The second-order valence-corrected chi connectivity index (χ2v) is 5.30. The maximum atomic E-state index is 11.7. The number of oxime groups is 1. The van der Waals surface area contributed by atoms with Crippen molar-refractivity contribution in [2.24, 2.45) is 5.16 Å². The van der Waals surface area contributed by atoms with Crippen LogP contribution in [0.25, 0.3) is 0 Å². The fourth-order valence-electron chi connectivity index (χ4n) is 1.22. The van der Waals surface area contributed by atoms with Crippen LogP contribution >= 0.6 is 0 Å². The minimum absolute atomic E-state index is 0.118. The number of hydrogen-bond donors (Lipinski definition) is 0. The third kappa shape index (κ3) is 4.56. The second-order valence-electron chi connectivity index (χ2n) is 3.77. The molecule has 0 saturated carbocycles. The van der Waals surface area contributed by atoms with Gasteiger partial charge in [-0.1, -0.05) is 36.7 Å². The van der Waals surface area contributed by atoms with Crippen LogP contribution in [-0.4, -0.2) is 14.1 Å². The van der Waals surface area contributed by atoms with Gasteiger partial charge in [0, 0.05) is 0 Å². The Balaban J connectivity index is 2.69. The van der Waals surface area contributed by atoms with E-state index in [4.69, 9.17) is 0 Å². The van der Waals surface area contributed by atoms with Crippen molar-refractivity contribution < 1.29 is 12.7 Å². The van der Waals surface area contributed by atoms with E-state index >= 15 is 0 Å².